The average Bonchev–Trinajstić information content (AvgIpc) is 2.39. The molecule has 0 N–H and O–H groups in total. The van der Waals surface area contributed by atoms with E-state index < -0.39 is 0 Å². The molecule has 2 heterocycles. The summed E-state index contributed by atoms with van der Waals surface area (Å²) in [5.74, 6) is 1.72. The van der Waals surface area contributed by atoms with Gasteiger partial charge in [-0.05, 0) is 37.8 Å². The van der Waals surface area contributed by atoms with Crippen LogP contribution in [0.4, 0.5) is 5.82 Å². The summed E-state index contributed by atoms with van der Waals surface area (Å²) in [6, 6.07) is 3.71. The van der Waals surface area contributed by atoms with E-state index in [1.54, 1.807) is 13.1 Å². The summed E-state index contributed by atoms with van der Waals surface area (Å²) in [7, 11) is 0. The Kier molecular flexibility index (Phi) is 3.77. The van der Waals surface area contributed by atoms with Crippen molar-refractivity contribution in [3.8, 4) is 0 Å². The maximum absolute atomic E-state index is 11.6. The van der Waals surface area contributed by atoms with Crippen molar-refractivity contribution in [1.82, 2.24) is 4.98 Å². The second-order valence-corrected chi connectivity index (χ2v) is 4.79. The Bertz CT molecular complexity index is 403. The van der Waals surface area contributed by atoms with Crippen LogP contribution in [-0.4, -0.2) is 23.9 Å². The lowest BCUT2D eigenvalue weighted by Gasteiger charge is -2.33. The van der Waals surface area contributed by atoms with Crippen LogP contribution in [0.1, 0.15) is 43.5 Å². The summed E-state index contributed by atoms with van der Waals surface area (Å²) in [6.45, 7) is 5.90. The number of hydrogen-bond acceptors (Lipinski definition) is 3. The van der Waals surface area contributed by atoms with Gasteiger partial charge in [-0.3, -0.25) is 4.79 Å². The van der Waals surface area contributed by atoms with Gasteiger partial charge in [-0.2, -0.15) is 0 Å². The molecule has 0 aliphatic carbocycles. The maximum atomic E-state index is 11.6. The third kappa shape index (κ3) is 2.65. The fraction of sp³-hybridized carbons (Fsp3) is 0.571. The van der Waals surface area contributed by atoms with Gasteiger partial charge < -0.3 is 4.90 Å². The Labute approximate surface area is 103 Å². The van der Waals surface area contributed by atoms with Crippen LogP contribution in [0.5, 0.6) is 0 Å². The number of Topliss-reactive ketones (excluding diaryl/α,β-unsaturated/α-hetero) is 1. The molecule has 1 saturated heterocycles. The first-order chi connectivity index (χ1) is 8.22. The normalized spacial score (nSPS) is 20.4. The Morgan fingerprint density at radius 2 is 2.41 bits per heavy atom. The minimum Gasteiger partial charge on any atom is -0.356 e. The van der Waals surface area contributed by atoms with Crippen LogP contribution in [0.3, 0.4) is 0 Å². The summed E-state index contributed by atoms with van der Waals surface area (Å²) in [5, 5.41) is 0. The van der Waals surface area contributed by atoms with E-state index in [-0.39, 0.29) is 5.78 Å². The first-order valence-corrected chi connectivity index (χ1v) is 6.43. The first kappa shape index (κ1) is 12.1. The van der Waals surface area contributed by atoms with Crippen molar-refractivity contribution in [2.24, 2.45) is 5.92 Å². The summed E-state index contributed by atoms with van der Waals surface area (Å²) in [5.41, 5.74) is 0.754. The van der Waals surface area contributed by atoms with Gasteiger partial charge in [-0.25, -0.2) is 4.98 Å². The zero-order valence-electron chi connectivity index (χ0n) is 10.6. The zero-order valence-corrected chi connectivity index (χ0v) is 10.6. The molecule has 0 radical (unpaired) electrons. The quantitative estimate of drug-likeness (QED) is 0.751. The van der Waals surface area contributed by atoms with Crippen molar-refractivity contribution in [2.75, 3.05) is 18.0 Å². The third-order valence-electron chi connectivity index (χ3n) is 3.56. The monoisotopic (exact) mass is 232 g/mol. The molecule has 17 heavy (non-hydrogen) atoms. The van der Waals surface area contributed by atoms with Gasteiger partial charge in [0.1, 0.15) is 5.82 Å². The number of carbonyl (C=O) groups excluding carboxylic acids is 1. The molecule has 2 rings (SSSR count). The molecule has 0 aromatic carbocycles. The predicted molar refractivity (Wildman–Crippen MR) is 69.5 cm³/mol. The number of aromatic nitrogens is 1. The van der Waals surface area contributed by atoms with Gasteiger partial charge in [0.2, 0.25) is 0 Å². The summed E-state index contributed by atoms with van der Waals surface area (Å²) in [6.07, 6.45) is 5.48. The highest BCUT2D eigenvalue weighted by Crippen LogP contribution is 2.25. The van der Waals surface area contributed by atoms with Crippen molar-refractivity contribution >= 4 is 11.6 Å². The van der Waals surface area contributed by atoms with E-state index in [1.807, 2.05) is 12.1 Å². The molecule has 3 heteroatoms. The fourth-order valence-corrected chi connectivity index (χ4v) is 2.51. The van der Waals surface area contributed by atoms with Crippen LogP contribution in [0, 0.1) is 5.92 Å². The Morgan fingerprint density at radius 3 is 3.12 bits per heavy atom. The van der Waals surface area contributed by atoms with E-state index in [0.717, 1.165) is 30.4 Å². The summed E-state index contributed by atoms with van der Waals surface area (Å²) < 4.78 is 0. The minimum absolute atomic E-state index is 0.103. The van der Waals surface area contributed by atoms with Crippen LogP contribution in [-0.2, 0) is 0 Å². The third-order valence-corrected chi connectivity index (χ3v) is 3.56. The average molecular weight is 232 g/mol. The van der Waals surface area contributed by atoms with E-state index in [9.17, 15) is 4.79 Å². The molecule has 1 aliphatic heterocycles. The molecule has 1 unspecified atom stereocenters. The van der Waals surface area contributed by atoms with Gasteiger partial charge >= 0.3 is 0 Å². The predicted octanol–water partition coefficient (Wildman–Crippen LogP) is 2.91. The number of pyridine rings is 1. The molecule has 3 nitrogen and oxygen atoms in total. The molecular weight excluding hydrogens is 212 g/mol. The number of carbonyl (C=O) groups is 1. The first-order valence-electron chi connectivity index (χ1n) is 6.43. The topological polar surface area (TPSA) is 33.2 Å². The molecule has 0 spiro atoms. The highest BCUT2D eigenvalue weighted by Gasteiger charge is 2.22. The number of rotatable bonds is 3. The Morgan fingerprint density at radius 1 is 1.59 bits per heavy atom. The lowest BCUT2D eigenvalue weighted by atomic mass is 9.95. The maximum Gasteiger partial charge on any atom is 0.163 e. The lowest BCUT2D eigenvalue weighted by molar-refractivity contribution is 0.101. The highest BCUT2D eigenvalue weighted by molar-refractivity contribution is 5.98. The minimum atomic E-state index is 0.103. The van der Waals surface area contributed by atoms with Gasteiger partial charge in [0, 0.05) is 19.3 Å². The molecular formula is C14H20N2O. The van der Waals surface area contributed by atoms with E-state index in [1.165, 1.54) is 19.3 Å². The number of piperidine rings is 1. The second-order valence-electron chi connectivity index (χ2n) is 4.79. The SMILES string of the molecule is CCC1CCCN(c2ncccc2C(C)=O)C1. The molecule has 1 aromatic heterocycles. The number of hydrogen-bond donors (Lipinski definition) is 0. The van der Waals surface area contributed by atoms with Crippen LogP contribution >= 0.6 is 0 Å². The van der Waals surface area contributed by atoms with Crippen LogP contribution in [0.15, 0.2) is 18.3 Å². The number of ketones is 1. The lowest BCUT2D eigenvalue weighted by Crippen LogP contribution is -2.36. The zero-order chi connectivity index (χ0) is 12.3. The van der Waals surface area contributed by atoms with Gasteiger partial charge in [0.25, 0.3) is 0 Å². The van der Waals surface area contributed by atoms with Crippen molar-refractivity contribution in [3.63, 3.8) is 0 Å². The summed E-state index contributed by atoms with van der Waals surface area (Å²) >= 11 is 0. The molecule has 0 amide bonds. The number of anilines is 1. The van der Waals surface area contributed by atoms with E-state index >= 15 is 0 Å². The van der Waals surface area contributed by atoms with Gasteiger partial charge in [0.15, 0.2) is 5.78 Å². The summed E-state index contributed by atoms with van der Waals surface area (Å²) in [4.78, 5) is 18.3. The Hall–Kier alpha value is -1.38. The van der Waals surface area contributed by atoms with Crippen LogP contribution in [0.25, 0.3) is 0 Å². The van der Waals surface area contributed by atoms with E-state index in [4.69, 9.17) is 0 Å². The van der Waals surface area contributed by atoms with Crippen molar-refractivity contribution in [1.29, 1.82) is 0 Å². The van der Waals surface area contributed by atoms with Gasteiger partial charge in [0.05, 0.1) is 5.56 Å². The molecule has 1 fully saturated rings. The molecule has 0 bridgehead atoms. The molecule has 1 aliphatic rings. The van der Waals surface area contributed by atoms with Crippen molar-refractivity contribution < 1.29 is 4.79 Å². The smallest absolute Gasteiger partial charge is 0.163 e. The van der Waals surface area contributed by atoms with E-state index in [0.29, 0.717) is 0 Å². The van der Waals surface area contributed by atoms with Gasteiger partial charge in [-0.15, -0.1) is 0 Å². The standard InChI is InChI=1S/C14H20N2O/c1-3-12-6-5-9-16(10-12)14-13(11(2)17)7-4-8-15-14/h4,7-8,12H,3,5-6,9-10H2,1-2H3. The Balaban J connectivity index is 2.24. The van der Waals surface area contributed by atoms with Crippen molar-refractivity contribution in [2.45, 2.75) is 33.1 Å². The fourth-order valence-electron chi connectivity index (χ4n) is 2.51. The van der Waals surface area contributed by atoms with Crippen LogP contribution < -0.4 is 4.90 Å². The second kappa shape index (κ2) is 5.30. The van der Waals surface area contributed by atoms with Crippen LogP contribution in [0.2, 0.25) is 0 Å². The van der Waals surface area contributed by atoms with Gasteiger partial charge in [-0.1, -0.05) is 13.3 Å². The largest absolute Gasteiger partial charge is 0.356 e. The molecule has 0 saturated carbocycles. The number of nitrogens with zero attached hydrogens (tertiary/aromatic N) is 2. The molecule has 1 aromatic rings. The molecule has 1 atom stereocenters. The van der Waals surface area contributed by atoms with Crippen molar-refractivity contribution in [3.05, 3.63) is 23.9 Å². The molecule has 92 valence electrons. The highest BCUT2D eigenvalue weighted by atomic mass is 16.1. The van der Waals surface area contributed by atoms with E-state index in [2.05, 4.69) is 16.8 Å².